The van der Waals surface area contributed by atoms with Crippen molar-refractivity contribution in [3.05, 3.63) is 0 Å². The van der Waals surface area contributed by atoms with Crippen LogP contribution in [0.1, 0.15) is 32.1 Å². The molecule has 1 amide bonds. The molecule has 15 heavy (non-hydrogen) atoms. The Kier molecular flexibility index (Phi) is 1.97. The van der Waals surface area contributed by atoms with Gasteiger partial charge in [-0.25, -0.2) is 0 Å². The smallest absolute Gasteiger partial charge is 0.306 e. The summed E-state index contributed by atoms with van der Waals surface area (Å²) >= 11 is 0. The lowest BCUT2D eigenvalue weighted by Crippen LogP contribution is -2.38. The quantitative estimate of drug-likeness (QED) is 0.552. The molecule has 0 aromatic heterocycles. The molecule has 0 unspecified atom stereocenters. The summed E-state index contributed by atoms with van der Waals surface area (Å²) in [7, 11) is 0. The summed E-state index contributed by atoms with van der Waals surface area (Å²) in [6.45, 7) is 0.855. The maximum atomic E-state index is 11.6. The lowest BCUT2D eigenvalue weighted by Gasteiger charge is -2.27. The van der Waals surface area contributed by atoms with Crippen molar-refractivity contribution in [2.45, 2.75) is 44.2 Å². The number of hydrogen-bond acceptors (Lipinski definition) is 3. The number of fused-ring (bicyclic) bond motifs is 3. The zero-order valence-electron chi connectivity index (χ0n) is 8.65. The molecule has 0 aliphatic carbocycles. The molecule has 3 aliphatic heterocycles. The van der Waals surface area contributed by atoms with Gasteiger partial charge in [-0.3, -0.25) is 9.59 Å². The highest BCUT2D eigenvalue weighted by molar-refractivity contribution is 5.79. The Morgan fingerprint density at radius 2 is 2.13 bits per heavy atom. The molecule has 0 radical (unpaired) electrons. The zero-order valence-corrected chi connectivity index (χ0v) is 8.65. The molecule has 0 N–H and O–H groups in total. The van der Waals surface area contributed by atoms with Gasteiger partial charge in [0.05, 0.1) is 6.42 Å². The maximum Gasteiger partial charge on any atom is 0.306 e. The second-order valence-corrected chi connectivity index (χ2v) is 4.73. The molecule has 3 atom stereocenters. The number of nitrogens with zero attached hydrogens (tertiary/aromatic N) is 1. The van der Waals surface area contributed by atoms with Gasteiger partial charge in [-0.1, -0.05) is 0 Å². The van der Waals surface area contributed by atoms with E-state index in [-0.39, 0.29) is 29.9 Å². The summed E-state index contributed by atoms with van der Waals surface area (Å²) in [4.78, 5) is 24.9. The molecule has 3 saturated heterocycles. The van der Waals surface area contributed by atoms with Crippen LogP contribution < -0.4 is 0 Å². The summed E-state index contributed by atoms with van der Waals surface area (Å²) in [5.41, 5.74) is 0. The van der Waals surface area contributed by atoms with Crippen LogP contribution in [0.3, 0.4) is 0 Å². The van der Waals surface area contributed by atoms with E-state index in [2.05, 4.69) is 0 Å². The van der Waals surface area contributed by atoms with E-state index in [1.807, 2.05) is 4.90 Å². The van der Waals surface area contributed by atoms with Crippen LogP contribution in [-0.4, -0.2) is 35.5 Å². The van der Waals surface area contributed by atoms with E-state index in [9.17, 15) is 9.59 Å². The van der Waals surface area contributed by atoms with Crippen LogP contribution in [0.5, 0.6) is 0 Å². The van der Waals surface area contributed by atoms with Gasteiger partial charge in [-0.2, -0.15) is 0 Å². The Labute approximate surface area is 88.6 Å². The normalized spacial score (nSPS) is 39.7. The SMILES string of the molecule is O=C1C[C@H]2[C@H](CCCN3C(=O)CC[C@@H]23)O1. The fourth-order valence-electron chi connectivity index (χ4n) is 3.24. The molecule has 3 heterocycles. The van der Waals surface area contributed by atoms with Crippen LogP contribution >= 0.6 is 0 Å². The maximum absolute atomic E-state index is 11.6. The van der Waals surface area contributed by atoms with E-state index in [0.717, 1.165) is 25.8 Å². The molecule has 4 heteroatoms. The minimum absolute atomic E-state index is 0.0776. The second kappa shape index (κ2) is 3.22. The molecule has 0 spiro atoms. The Hall–Kier alpha value is -1.06. The van der Waals surface area contributed by atoms with Gasteiger partial charge >= 0.3 is 5.97 Å². The van der Waals surface area contributed by atoms with Crippen molar-refractivity contribution >= 4 is 11.9 Å². The van der Waals surface area contributed by atoms with Gasteiger partial charge in [0.1, 0.15) is 6.10 Å². The van der Waals surface area contributed by atoms with Crippen molar-refractivity contribution in [3.8, 4) is 0 Å². The predicted octanol–water partition coefficient (Wildman–Crippen LogP) is 0.703. The van der Waals surface area contributed by atoms with Gasteiger partial charge in [0.2, 0.25) is 5.91 Å². The average molecular weight is 209 g/mol. The molecule has 4 nitrogen and oxygen atoms in total. The molecule has 0 aromatic carbocycles. The highest BCUT2D eigenvalue weighted by Gasteiger charge is 2.47. The van der Waals surface area contributed by atoms with E-state index in [4.69, 9.17) is 4.74 Å². The summed E-state index contributed by atoms with van der Waals surface area (Å²) in [5.74, 6) is 0.456. The van der Waals surface area contributed by atoms with Crippen molar-refractivity contribution in [2.75, 3.05) is 6.54 Å². The topological polar surface area (TPSA) is 46.6 Å². The molecular weight excluding hydrogens is 194 g/mol. The first-order chi connectivity index (χ1) is 7.25. The largest absolute Gasteiger partial charge is 0.462 e. The summed E-state index contributed by atoms with van der Waals surface area (Å²) in [6.07, 6.45) is 4.06. The molecule has 3 fully saturated rings. The van der Waals surface area contributed by atoms with Gasteiger partial charge in [-0.15, -0.1) is 0 Å². The minimum atomic E-state index is -0.0776. The Balaban J connectivity index is 1.87. The van der Waals surface area contributed by atoms with E-state index in [0.29, 0.717) is 12.8 Å². The molecule has 82 valence electrons. The van der Waals surface area contributed by atoms with Crippen molar-refractivity contribution in [1.29, 1.82) is 0 Å². The Morgan fingerprint density at radius 1 is 1.27 bits per heavy atom. The Morgan fingerprint density at radius 3 is 3.00 bits per heavy atom. The first kappa shape index (κ1) is 9.19. The van der Waals surface area contributed by atoms with Crippen molar-refractivity contribution in [3.63, 3.8) is 0 Å². The lowest BCUT2D eigenvalue weighted by molar-refractivity contribution is -0.141. The fourth-order valence-corrected chi connectivity index (χ4v) is 3.24. The van der Waals surface area contributed by atoms with Crippen molar-refractivity contribution in [2.24, 2.45) is 5.92 Å². The Bertz CT molecular complexity index is 315. The van der Waals surface area contributed by atoms with E-state index < -0.39 is 0 Å². The third-order valence-corrected chi connectivity index (χ3v) is 3.92. The number of esters is 1. The minimum Gasteiger partial charge on any atom is -0.462 e. The number of hydrogen-bond donors (Lipinski definition) is 0. The van der Waals surface area contributed by atoms with Crippen molar-refractivity contribution < 1.29 is 14.3 Å². The van der Waals surface area contributed by atoms with Gasteiger partial charge in [-0.05, 0) is 19.3 Å². The van der Waals surface area contributed by atoms with Gasteiger partial charge < -0.3 is 9.64 Å². The summed E-state index contributed by atoms with van der Waals surface area (Å²) in [6, 6.07) is 0.274. The van der Waals surface area contributed by atoms with Gasteiger partial charge in [0.25, 0.3) is 0 Å². The average Bonchev–Trinajstić information content (AvgIpc) is 2.68. The van der Waals surface area contributed by atoms with Crippen LogP contribution in [0.15, 0.2) is 0 Å². The summed E-state index contributed by atoms with van der Waals surface area (Å²) < 4.78 is 5.31. The molecule has 0 saturated carbocycles. The van der Waals surface area contributed by atoms with E-state index >= 15 is 0 Å². The van der Waals surface area contributed by atoms with Gasteiger partial charge in [0, 0.05) is 24.9 Å². The van der Waals surface area contributed by atoms with Crippen LogP contribution in [0.4, 0.5) is 0 Å². The van der Waals surface area contributed by atoms with Crippen LogP contribution in [0, 0.1) is 5.92 Å². The number of carbonyl (C=O) groups excluding carboxylic acids is 2. The molecule has 0 aromatic rings. The first-order valence-corrected chi connectivity index (χ1v) is 5.74. The number of ether oxygens (including phenoxy) is 1. The molecular formula is C11H15NO3. The van der Waals surface area contributed by atoms with Gasteiger partial charge in [0.15, 0.2) is 0 Å². The predicted molar refractivity (Wildman–Crippen MR) is 52.0 cm³/mol. The number of amides is 1. The second-order valence-electron chi connectivity index (χ2n) is 4.73. The van der Waals surface area contributed by atoms with Crippen LogP contribution in [-0.2, 0) is 14.3 Å². The molecule has 0 bridgehead atoms. The standard InChI is InChI=1S/C11H15NO3/c13-10-4-3-8-7-6-11(14)15-9(7)2-1-5-12(8)10/h7-9H,1-6H2/t7-,8+,9+/m1/s1. The monoisotopic (exact) mass is 209 g/mol. The number of carbonyl (C=O) groups is 2. The fraction of sp³-hybridized carbons (Fsp3) is 0.818. The number of rotatable bonds is 0. The molecule has 3 rings (SSSR count). The van der Waals surface area contributed by atoms with Crippen LogP contribution in [0.2, 0.25) is 0 Å². The van der Waals surface area contributed by atoms with E-state index in [1.54, 1.807) is 0 Å². The molecule has 3 aliphatic rings. The van der Waals surface area contributed by atoms with E-state index in [1.165, 1.54) is 0 Å². The third kappa shape index (κ3) is 1.34. The first-order valence-electron chi connectivity index (χ1n) is 5.74. The summed E-state index contributed by atoms with van der Waals surface area (Å²) in [5, 5.41) is 0. The highest BCUT2D eigenvalue weighted by Crippen LogP contribution is 2.38. The lowest BCUT2D eigenvalue weighted by atomic mass is 9.90. The third-order valence-electron chi connectivity index (χ3n) is 3.92. The van der Waals surface area contributed by atoms with Crippen LogP contribution in [0.25, 0.3) is 0 Å². The zero-order chi connectivity index (χ0) is 10.4. The highest BCUT2D eigenvalue weighted by atomic mass is 16.5. The van der Waals surface area contributed by atoms with Crippen molar-refractivity contribution in [1.82, 2.24) is 4.90 Å².